The van der Waals surface area contributed by atoms with Gasteiger partial charge in [-0.1, -0.05) is 0 Å². The van der Waals surface area contributed by atoms with Gasteiger partial charge in [0.05, 0.1) is 10.5 Å². The Kier molecular flexibility index (Phi) is 4.68. The zero-order valence-electron chi connectivity index (χ0n) is 13.2. The lowest BCUT2D eigenvalue weighted by Gasteiger charge is -2.43. The lowest BCUT2D eigenvalue weighted by molar-refractivity contribution is -0.384. The zero-order chi connectivity index (χ0) is 18.2. The minimum Gasteiger partial charge on any atom is -0.459 e. The lowest BCUT2D eigenvalue weighted by Crippen LogP contribution is -2.54. The maximum Gasteiger partial charge on any atom is 0.404 e. The molecule has 6 nitrogen and oxygen atoms in total. The molecular formula is C16H17F3N2O4. The minimum absolute atomic E-state index is 0.118. The molecule has 0 aromatic heterocycles. The van der Waals surface area contributed by atoms with Crippen LogP contribution in [0.4, 0.5) is 18.9 Å². The Bertz CT molecular complexity index is 656. The molecule has 2 fully saturated rings. The van der Waals surface area contributed by atoms with Crippen LogP contribution in [0.2, 0.25) is 0 Å². The van der Waals surface area contributed by atoms with Gasteiger partial charge in [0.25, 0.3) is 5.69 Å². The number of nitrogens with zero attached hydrogens (tertiary/aromatic N) is 2. The Balaban J connectivity index is 1.51. The molecule has 136 valence electrons. The summed E-state index contributed by atoms with van der Waals surface area (Å²) < 4.78 is 44.2. The topological polar surface area (TPSA) is 72.7 Å². The first-order chi connectivity index (χ1) is 11.8. The van der Waals surface area contributed by atoms with Crippen molar-refractivity contribution in [3.8, 4) is 0 Å². The number of ether oxygens (including phenoxy) is 1. The minimum atomic E-state index is -4.23. The molecule has 1 unspecified atom stereocenters. The number of carbonyl (C=O) groups excluding carboxylic acids is 1. The van der Waals surface area contributed by atoms with Crippen LogP contribution in [0.25, 0.3) is 0 Å². The van der Waals surface area contributed by atoms with Crippen molar-refractivity contribution in [2.75, 3.05) is 6.54 Å². The van der Waals surface area contributed by atoms with Crippen molar-refractivity contribution in [1.82, 2.24) is 4.90 Å². The van der Waals surface area contributed by atoms with Crippen LogP contribution in [0.5, 0.6) is 0 Å². The summed E-state index contributed by atoms with van der Waals surface area (Å²) >= 11 is 0. The van der Waals surface area contributed by atoms with Gasteiger partial charge in [0, 0.05) is 31.0 Å². The van der Waals surface area contributed by atoms with E-state index in [0.29, 0.717) is 25.8 Å². The molecule has 9 heteroatoms. The van der Waals surface area contributed by atoms with Gasteiger partial charge < -0.3 is 4.74 Å². The number of esters is 1. The van der Waals surface area contributed by atoms with Gasteiger partial charge in [0.1, 0.15) is 12.1 Å². The van der Waals surface area contributed by atoms with Crippen molar-refractivity contribution >= 4 is 11.7 Å². The van der Waals surface area contributed by atoms with Crippen LogP contribution in [0.3, 0.4) is 0 Å². The van der Waals surface area contributed by atoms with E-state index in [1.165, 1.54) is 29.2 Å². The van der Waals surface area contributed by atoms with Gasteiger partial charge >= 0.3 is 12.1 Å². The summed E-state index contributed by atoms with van der Waals surface area (Å²) in [4.78, 5) is 23.5. The number of carbonyl (C=O) groups is 1. The van der Waals surface area contributed by atoms with Crippen molar-refractivity contribution < 1.29 is 27.6 Å². The number of non-ortho nitro benzene ring substituents is 1. The zero-order valence-corrected chi connectivity index (χ0v) is 13.2. The first-order valence-corrected chi connectivity index (χ1v) is 8.03. The Labute approximate surface area is 141 Å². The van der Waals surface area contributed by atoms with Crippen LogP contribution < -0.4 is 0 Å². The maximum atomic E-state index is 13.0. The van der Waals surface area contributed by atoms with Gasteiger partial charge in [0.2, 0.25) is 0 Å². The van der Waals surface area contributed by atoms with E-state index in [4.69, 9.17) is 4.74 Å². The number of halogens is 3. The molecule has 3 rings (SSSR count). The van der Waals surface area contributed by atoms with Gasteiger partial charge in [-0.3, -0.25) is 15.0 Å². The molecule has 1 heterocycles. The number of nitro benzene ring substituents is 1. The number of benzene rings is 1. The van der Waals surface area contributed by atoms with Crippen LogP contribution in [0, 0.1) is 10.1 Å². The Morgan fingerprint density at radius 3 is 2.44 bits per heavy atom. The summed E-state index contributed by atoms with van der Waals surface area (Å²) in [5.74, 6) is -0.618. The standard InChI is InChI=1S/C16H17F3N2O4/c17-16(18,19)14-2-1-7-20(14)12-8-13(9-12)25-15(22)10-3-5-11(6-4-10)21(23)24/h3-6,12-14H,1-2,7-9H2. The average Bonchev–Trinajstić information content (AvgIpc) is 2.99. The van der Waals surface area contributed by atoms with Gasteiger partial charge in [-0.05, 0) is 31.5 Å². The van der Waals surface area contributed by atoms with Gasteiger partial charge in [-0.15, -0.1) is 0 Å². The number of hydrogen-bond acceptors (Lipinski definition) is 5. The second-order valence-electron chi connectivity index (χ2n) is 6.39. The average molecular weight is 358 g/mol. The van der Waals surface area contributed by atoms with Crippen molar-refractivity contribution in [2.45, 2.75) is 50.0 Å². The van der Waals surface area contributed by atoms with Crippen LogP contribution in [-0.2, 0) is 4.74 Å². The largest absolute Gasteiger partial charge is 0.459 e. The quantitative estimate of drug-likeness (QED) is 0.469. The summed E-state index contributed by atoms with van der Waals surface area (Å²) in [5, 5.41) is 10.6. The Morgan fingerprint density at radius 2 is 1.88 bits per heavy atom. The molecule has 0 spiro atoms. The van der Waals surface area contributed by atoms with E-state index in [-0.39, 0.29) is 23.7 Å². The predicted molar refractivity (Wildman–Crippen MR) is 81.1 cm³/mol. The van der Waals surface area contributed by atoms with Crippen molar-refractivity contribution in [1.29, 1.82) is 0 Å². The van der Waals surface area contributed by atoms with E-state index in [1.807, 2.05) is 0 Å². The van der Waals surface area contributed by atoms with E-state index in [2.05, 4.69) is 0 Å². The molecule has 0 radical (unpaired) electrons. The Hall–Kier alpha value is -2.16. The number of rotatable bonds is 4. The molecule has 1 saturated carbocycles. The number of likely N-dealkylation sites (tertiary alicyclic amines) is 1. The first-order valence-electron chi connectivity index (χ1n) is 8.03. The molecule has 0 bridgehead atoms. The van der Waals surface area contributed by atoms with E-state index in [0.717, 1.165) is 0 Å². The summed E-state index contributed by atoms with van der Waals surface area (Å²) in [7, 11) is 0. The molecule has 2 aliphatic rings. The Morgan fingerprint density at radius 1 is 1.24 bits per heavy atom. The summed E-state index contributed by atoms with van der Waals surface area (Å²) in [6.45, 7) is 0.415. The molecule has 1 aromatic carbocycles. The molecule has 1 saturated heterocycles. The highest BCUT2D eigenvalue weighted by molar-refractivity contribution is 5.89. The fourth-order valence-electron chi connectivity index (χ4n) is 3.42. The summed E-state index contributed by atoms with van der Waals surface area (Å²) in [6, 6.07) is 3.40. The molecule has 1 atom stereocenters. The predicted octanol–water partition coefficient (Wildman–Crippen LogP) is 3.31. The van der Waals surface area contributed by atoms with Crippen LogP contribution in [-0.4, -0.2) is 46.7 Å². The third kappa shape index (κ3) is 3.76. The van der Waals surface area contributed by atoms with Gasteiger partial charge in [0.15, 0.2) is 0 Å². The van der Waals surface area contributed by atoms with Crippen LogP contribution in [0.1, 0.15) is 36.0 Å². The lowest BCUT2D eigenvalue weighted by atomic mass is 9.87. The number of hydrogen-bond donors (Lipinski definition) is 0. The number of alkyl halides is 3. The molecule has 1 aliphatic heterocycles. The monoisotopic (exact) mass is 358 g/mol. The fraction of sp³-hybridized carbons (Fsp3) is 0.562. The van der Waals surface area contributed by atoms with Crippen molar-refractivity contribution in [2.24, 2.45) is 0 Å². The van der Waals surface area contributed by atoms with Crippen LogP contribution in [0.15, 0.2) is 24.3 Å². The molecule has 1 aliphatic carbocycles. The molecular weight excluding hydrogens is 341 g/mol. The highest BCUT2D eigenvalue weighted by atomic mass is 19.4. The third-order valence-corrected chi connectivity index (χ3v) is 4.80. The van der Waals surface area contributed by atoms with Crippen LogP contribution >= 0.6 is 0 Å². The number of nitro groups is 1. The second kappa shape index (κ2) is 6.62. The molecule has 0 N–H and O–H groups in total. The van der Waals surface area contributed by atoms with E-state index >= 15 is 0 Å². The van der Waals surface area contributed by atoms with Crippen molar-refractivity contribution in [3.63, 3.8) is 0 Å². The summed E-state index contributed by atoms with van der Waals surface area (Å²) in [6.07, 6.45) is -3.24. The smallest absolute Gasteiger partial charge is 0.404 e. The SMILES string of the molecule is O=C(OC1CC(N2CCCC2C(F)(F)F)C1)c1ccc([N+](=O)[O-])cc1. The molecule has 0 amide bonds. The van der Waals surface area contributed by atoms with Crippen molar-refractivity contribution in [3.05, 3.63) is 39.9 Å². The van der Waals surface area contributed by atoms with Gasteiger partial charge in [-0.25, -0.2) is 4.79 Å². The highest BCUT2D eigenvalue weighted by Crippen LogP contribution is 2.39. The highest BCUT2D eigenvalue weighted by Gasteiger charge is 2.50. The molecule has 1 aromatic rings. The van der Waals surface area contributed by atoms with E-state index in [1.54, 1.807) is 0 Å². The first kappa shape index (κ1) is 17.7. The van der Waals surface area contributed by atoms with E-state index < -0.39 is 29.2 Å². The fourth-order valence-corrected chi connectivity index (χ4v) is 3.42. The molecule has 25 heavy (non-hydrogen) atoms. The maximum absolute atomic E-state index is 13.0. The third-order valence-electron chi connectivity index (χ3n) is 4.80. The van der Waals surface area contributed by atoms with E-state index in [9.17, 15) is 28.1 Å². The normalized spacial score (nSPS) is 26.9. The second-order valence-corrected chi connectivity index (χ2v) is 6.39. The summed E-state index contributed by atoms with van der Waals surface area (Å²) in [5.41, 5.74) is 0.0517. The van der Waals surface area contributed by atoms with Gasteiger partial charge in [-0.2, -0.15) is 13.2 Å².